The third-order valence-electron chi connectivity index (χ3n) is 3.59. The smallest absolute Gasteiger partial charge is 0.240 e. The standard InChI is InChI=1S/C16H17ClFNO3S/c1-16(22-2,12-5-3-6-13(17)9-12)11-19-23(20,21)15-8-4-7-14(18)10-15/h3-10,19H,11H2,1-2H3. The first kappa shape index (κ1) is 17.9. The summed E-state index contributed by atoms with van der Waals surface area (Å²) in [5.41, 5.74) is -0.180. The third kappa shape index (κ3) is 4.29. The molecule has 124 valence electrons. The van der Waals surface area contributed by atoms with Crippen LogP contribution in [0.5, 0.6) is 0 Å². The molecule has 1 atom stereocenters. The minimum atomic E-state index is -3.85. The van der Waals surface area contributed by atoms with E-state index in [1.54, 1.807) is 31.2 Å². The molecule has 0 saturated heterocycles. The van der Waals surface area contributed by atoms with Crippen molar-refractivity contribution in [3.05, 3.63) is 64.9 Å². The summed E-state index contributed by atoms with van der Waals surface area (Å²) in [5, 5.41) is 0.527. The van der Waals surface area contributed by atoms with Crippen LogP contribution in [0.3, 0.4) is 0 Å². The lowest BCUT2D eigenvalue weighted by Gasteiger charge is -2.29. The Labute approximate surface area is 140 Å². The molecule has 0 aliphatic rings. The SMILES string of the molecule is COC(C)(CNS(=O)(=O)c1cccc(F)c1)c1cccc(Cl)c1. The zero-order valence-electron chi connectivity index (χ0n) is 12.7. The average molecular weight is 358 g/mol. The Balaban J connectivity index is 2.23. The summed E-state index contributed by atoms with van der Waals surface area (Å²) >= 11 is 5.98. The summed E-state index contributed by atoms with van der Waals surface area (Å²) in [6.07, 6.45) is 0. The van der Waals surface area contributed by atoms with E-state index in [0.717, 1.165) is 11.6 Å². The van der Waals surface area contributed by atoms with Gasteiger partial charge < -0.3 is 4.74 Å². The van der Waals surface area contributed by atoms with Crippen molar-refractivity contribution >= 4 is 21.6 Å². The van der Waals surface area contributed by atoms with Gasteiger partial charge in [-0.05, 0) is 42.8 Å². The van der Waals surface area contributed by atoms with Gasteiger partial charge in [0.2, 0.25) is 10.0 Å². The molecular weight excluding hydrogens is 341 g/mol. The van der Waals surface area contributed by atoms with Crippen molar-refractivity contribution in [3.63, 3.8) is 0 Å². The second-order valence-electron chi connectivity index (χ2n) is 5.23. The third-order valence-corrected chi connectivity index (χ3v) is 5.23. The summed E-state index contributed by atoms with van der Waals surface area (Å²) in [4.78, 5) is -0.137. The van der Waals surface area contributed by atoms with Gasteiger partial charge in [0.25, 0.3) is 0 Å². The fraction of sp³-hybridized carbons (Fsp3) is 0.250. The van der Waals surface area contributed by atoms with Gasteiger partial charge in [0.05, 0.1) is 4.90 Å². The van der Waals surface area contributed by atoms with Crippen LogP contribution in [0.4, 0.5) is 4.39 Å². The molecule has 0 saturated carbocycles. The van der Waals surface area contributed by atoms with E-state index >= 15 is 0 Å². The summed E-state index contributed by atoms with van der Waals surface area (Å²) in [5.74, 6) is -0.614. The summed E-state index contributed by atoms with van der Waals surface area (Å²) in [7, 11) is -2.36. The van der Waals surface area contributed by atoms with Gasteiger partial charge in [-0.25, -0.2) is 17.5 Å². The quantitative estimate of drug-likeness (QED) is 0.862. The summed E-state index contributed by atoms with van der Waals surface area (Å²) in [6, 6.07) is 11.8. The van der Waals surface area contributed by atoms with Crippen LogP contribution < -0.4 is 4.72 Å². The lowest BCUT2D eigenvalue weighted by Crippen LogP contribution is -2.40. The van der Waals surface area contributed by atoms with Crippen LogP contribution in [-0.4, -0.2) is 22.1 Å². The molecule has 7 heteroatoms. The Morgan fingerprint density at radius 1 is 1.22 bits per heavy atom. The molecule has 0 bridgehead atoms. The van der Waals surface area contributed by atoms with E-state index in [1.165, 1.54) is 25.3 Å². The van der Waals surface area contributed by atoms with Crippen LogP contribution in [0, 0.1) is 5.82 Å². The van der Waals surface area contributed by atoms with Gasteiger partial charge in [-0.3, -0.25) is 0 Å². The molecule has 1 unspecified atom stereocenters. The molecule has 0 spiro atoms. The number of hydrogen-bond donors (Lipinski definition) is 1. The molecule has 2 rings (SSSR count). The number of ether oxygens (including phenoxy) is 1. The number of rotatable bonds is 6. The molecule has 0 radical (unpaired) electrons. The van der Waals surface area contributed by atoms with Crippen molar-refractivity contribution in [1.82, 2.24) is 4.72 Å². The number of methoxy groups -OCH3 is 1. The lowest BCUT2D eigenvalue weighted by atomic mass is 9.96. The van der Waals surface area contributed by atoms with Gasteiger partial charge >= 0.3 is 0 Å². The minimum Gasteiger partial charge on any atom is -0.372 e. The van der Waals surface area contributed by atoms with Gasteiger partial charge in [0.15, 0.2) is 0 Å². The normalized spacial score (nSPS) is 14.4. The fourth-order valence-corrected chi connectivity index (χ4v) is 3.41. The van der Waals surface area contributed by atoms with E-state index in [9.17, 15) is 12.8 Å². The van der Waals surface area contributed by atoms with E-state index < -0.39 is 21.4 Å². The van der Waals surface area contributed by atoms with E-state index in [2.05, 4.69) is 4.72 Å². The number of benzene rings is 2. The molecule has 0 aliphatic carbocycles. The molecule has 0 aromatic heterocycles. The molecule has 0 amide bonds. The maximum Gasteiger partial charge on any atom is 0.240 e. The Bertz CT molecular complexity index is 797. The summed E-state index contributed by atoms with van der Waals surface area (Å²) < 4.78 is 45.7. The molecule has 23 heavy (non-hydrogen) atoms. The van der Waals surface area contributed by atoms with E-state index in [4.69, 9.17) is 16.3 Å². The fourth-order valence-electron chi connectivity index (χ4n) is 2.06. The zero-order valence-corrected chi connectivity index (χ0v) is 14.3. The average Bonchev–Trinajstić information content (AvgIpc) is 2.53. The van der Waals surface area contributed by atoms with Crippen molar-refractivity contribution in [2.24, 2.45) is 0 Å². The Morgan fingerprint density at radius 2 is 1.91 bits per heavy atom. The van der Waals surface area contributed by atoms with Crippen LogP contribution in [0.25, 0.3) is 0 Å². The minimum absolute atomic E-state index is 0.0251. The Hall–Kier alpha value is -1.47. The number of nitrogens with one attached hydrogen (secondary N) is 1. The second-order valence-corrected chi connectivity index (χ2v) is 7.43. The molecular formula is C16H17ClFNO3S. The van der Waals surface area contributed by atoms with Crippen molar-refractivity contribution < 1.29 is 17.5 Å². The predicted octanol–water partition coefficient (Wildman–Crippen LogP) is 3.32. The molecule has 0 heterocycles. The number of sulfonamides is 1. The maximum absolute atomic E-state index is 13.2. The highest BCUT2D eigenvalue weighted by Gasteiger charge is 2.29. The largest absolute Gasteiger partial charge is 0.372 e. The zero-order chi connectivity index (χ0) is 17.1. The lowest BCUT2D eigenvalue weighted by molar-refractivity contribution is 0.00699. The van der Waals surface area contributed by atoms with Crippen LogP contribution in [0.15, 0.2) is 53.4 Å². The second kappa shape index (κ2) is 6.97. The molecule has 1 N–H and O–H groups in total. The molecule has 2 aromatic rings. The van der Waals surface area contributed by atoms with Crippen LogP contribution in [0.1, 0.15) is 12.5 Å². The van der Waals surface area contributed by atoms with Crippen LogP contribution in [-0.2, 0) is 20.4 Å². The van der Waals surface area contributed by atoms with Crippen LogP contribution >= 0.6 is 11.6 Å². The molecule has 0 aliphatic heterocycles. The Kier molecular flexibility index (Phi) is 5.41. The highest BCUT2D eigenvalue weighted by Crippen LogP contribution is 2.26. The number of hydrogen-bond acceptors (Lipinski definition) is 3. The highest BCUT2D eigenvalue weighted by atomic mass is 35.5. The van der Waals surface area contributed by atoms with Gasteiger partial charge in [-0.1, -0.05) is 29.8 Å². The van der Waals surface area contributed by atoms with Gasteiger partial charge in [0, 0.05) is 18.7 Å². The summed E-state index contributed by atoms with van der Waals surface area (Å²) in [6.45, 7) is 1.72. The van der Waals surface area contributed by atoms with E-state index in [1.807, 2.05) is 0 Å². The first-order chi connectivity index (χ1) is 10.8. The van der Waals surface area contributed by atoms with Crippen molar-refractivity contribution in [2.45, 2.75) is 17.4 Å². The monoisotopic (exact) mass is 357 g/mol. The molecule has 0 fully saturated rings. The number of halogens is 2. The topological polar surface area (TPSA) is 55.4 Å². The predicted molar refractivity (Wildman–Crippen MR) is 87.4 cm³/mol. The van der Waals surface area contributed by atoms with Crippen molar-refractivity contribution in [3.8, 4) is 0 Å². The van der Waals surface area contributed by atoms with Gasteiger partial charge in [0.1, 0.15) is 11.4 Å². The molecule has 2 aromatic carbocycles. The first-order valence-electron chi connectivity index (χ1n) is 6.83. The first-order valence-corrected chi connectivity index (χ1v) is 8.69. The van der Waals surface area contributed by atoms with Crippen molar-refractivity contribution in [1.29, 1.82) is 0 Å². The maximum atomic E-state index is 13.2. The van der Waals surface area contributed by atoms with Crippen LogP contribution in [0.2, 0.25) is 5.02 Å². The highest BCUT2D eigenvalue weighted by molar-refractivity contribution is 7.89. The van der Waals surface area contributed by atoms with Crippen molar-refractivity contribution in [2.75, 3.05) is 13.7 Å². The Morgan fingerprint density at radius 3 is 2.52 bits per heavy atom. The molecule has 4 nitrogen and oxygen atoms in total. The van der Waals surface area contributed by atoms with Gasteiger partial charge in [-0.15, -0.1) is 0 Å². The van der Waals surface area contributed by atoms with E-state index in [-0.39, 0.29) is 11.4 Å². The van der Waals surface area contributed by atoms with E-state index in [0.29, 0.717) is 5.02 Å². The van der Waals surface area contributed by atoms with Gasteiger partial charge in [-0.2, -0.15) is 0 Å².